The summed E-state index contributed by atoms with van der Waals surface area (Å²) in [5.74, 6) is 0.360. The van der Waals surface area contributed by atoms with E-state index in [1.54, 1.807) is 0 Å². The van der Waals surface area contributed by atoms with Gasteiger partial charge in [0.25, 0.3) is 0 Å². The number of hydrogen-bond acceptors (Lipinski definition) is 2. The lowest BCUT2D eigenvalue weighted by molar-refractivity contribution is 0.866. The van der Waals surface area contributed by atoms with E-state index >= 15 is 0 Å². The van der Waals surface area contributed by atoms with Gasteiger partial charge < -0.3 is 0 Å². The van der Waals surface area contributed by atoms with E-state index in [0.29, 0.717) is 11.6 Å². The maximum absolute atomic E-state index is 10.4. The second kappa shape index (κ2) is 3.48. The Morgan fingerprint density at radius 1 is 1.33 bits per heavy atom. The molecule has 0 aliphatic rings. The van der Waals surface area contributed by atoms with Crippen LogP contribution in [0.4, 0.5) is 5.69 Å². The van der Waals surface area contributed by atoms with Crippen molar-refractivity contribution in [2.75, 3.05) is 0 Å². The third-order valence-electron chi connectivity index (χ3n) is 1.91. The fraction of sp³-hybridized carbons (Fsp3) is 0.400. The van der Waals surface area contributed by atoms with Crippen molar-refractivity contribution in [1.29, 1.82) is 0 Å². The van der Waals surface area contributed by atoms with Gasteiger partial charge in [-0.3, -0.25) is 0 Å². The van der Waals surface area contributed by atoms with Crippen LogP contribution in [0.3, 0.4) is 0 Å². The lowest BCUT2D eigenvalue weighted by Crippen LogP contribution is -1.87. The summed E-state index contributed by atoms with van der Waals surface area (Å²) in [5.41, 5.74) is 2.68. The fourth-order valence-electron chi connectivity index (χ4n) is 1.22. The molecule has 1 aromatic carbocycles. The van der Waals surface area contributed by atoms with Crippen LogP contribution < -0.4 is 0 Å². The minimum absolute atomic E-state index is 0.360. The van der Waals surface area contributed by atoms with Gasteiger partial charge in [0.15, 0.2) is 0 Å². The molecular weight excluding hydrogens is 150 g/mol. The molecule has 0 saturated heterocycles. The first-order valence-electron chi connectivity index (χ1n) is 4.09. The van der Waals surface area contributed by atoms with Gasteiger partial charge in [0.1, 0.15) is 5.69 Å². The van der Waals surface area contributed by atoms with Crippen LogP contribution in [-0.2, 0) is 0 Å². The van der Waals surface area contributed by atoms with Gasteiger partial charge >= 0.3 is 0 Å². The number of hydrogen-bond donors (Lipinski definition) is 0. The van der Waals surface area contributed by atoms with E-state index < -0.39 is 0 Å². The van der Waals surface area contributed by atoms with Crippen LogP contribution in [0.25, 0.3) is 0 Å². The summed E-state index contributed by atoms with van der Waals surface area (Å²) in [4.78, 5) is 10.4. The number of aryl methyl sites for hydroxylation is 1. The molecule has 0 heterocycles. The highest BCUT2D eigenvalue weighted by molar-refractivity contribution is 5.49. The van der Waals surface area contributed by atoms with Crippen molar-refractivity contribution in [3.05, 3.63) is 34.2 Å². The molecule has 2 heteroatoms. The molecule has 0 saturated carbocycles. The molecule has 1 rings (SSSR count). The van der Waals surface area contributed by atoms with Gasteiger partial charge in [-0.15, -0.1) is 4.91 Å². The normalized spacial score (nSPS) is 10.3. The van der Waals surface area contributed by atoms with Crippen molar-refractivity contribution in [2.45, 2.75) is 26.7 Å². The molecule has 0 aliphatic carbocycles. The topological polar surface area (TPSA) is 29.4 Å². The van der Waals surface area contributed by atoms with Crippen molar-refractivity contribution in [1.82, 2.24) is 0 Å². The van der Waals surface area contributed by atoms with E-state index in [4.69, 9.17) is 0 Å². The zero-order chi connectivity index (χ0) is 9.14. The second-order valence-corrected chi connectivity index (χ2v) is 3.31. The first-order chi connectivity index (χ1) is 5.65. The van der Waals surface area contributed by atoms with Crippen molar-refractivity contribution < 1.29 is 0 Å². The Morgan fingerprint density at radius 2 is 2.00 bits per heavy atom. The smallest absolute Gasteiger partial charge is 0.111 e. The first kappa shape index (κ1) is 8.91. The molecule has 64 valence electrons. The highest BCUT2D eigenvalue weighted by Gasteiger charge is 2.06. The number of benzene rings is 1. The molecule has 0 amide bonds. The van der Waals surface area contributed by atoms with E-state index in [2.05, 4.69) is 19.0 Å². The van der Waals surface area contributed by atoms with Gasteiger partial charge in [-0.25, -0.2) is 0 Å². The van der Waals surface area contributed by atoms with E-state index in [9.17, 15) is 4.91 Å². The number of nitroso groups, excluding NO2 is 1. The Hall–Kier alpha value is -1.18. The Labute approximate surface area is 72.6 Å². The molecule has 12 heavy (non-hydrogen) atoms. The molecule has 0 aromatic heterocycles. The SMILES string of the molecule is Cc1ccc(C(C)C)c(N=O)c1. The van der Waals surface area contributed by atoms with Crippen molar-refractivity contribution in [3.8, 4) is 0 Å². The van der Waals surface area contributed by atoms with Crippen LogP contribution in [-0.4, -0.2) is 0 Å². The molecular formula is C10H13NO. The summed E-state index contributed by atoms with van der Waals surface area (Å²) in [5, 5.41) is 3.00. The summed E-state index contributed by atoms with van der Waals surface area (Å²) in [6.07, 6.45) is 0. The third kappa shape index (κ3) is 1.70. The largest absolute Gasteiger partial charge is 0.145 e. The molecule has 0 atom stereocenters. The predicted molar refractivity (Wildman–Crippen MR) is 50.7 cm³/mol. The maximum atomic E-state index is 10.4. The quantitative estimate of drug-likeness (QED) is 0.613. The van der Waals surface area contributed by atoms with E-state index in [0.717, 1.165) is 11.1 Å². The second-order valence-electron chi connectivity index (χ2n) is 3.31. The zero-order valence-corrected chi connectivity index (χ0v) is 7.66. The highest BCUT2D eigenvalue weighted by Crippen LogP contribution is 2.27. The molecule has 0 radical (unpaired) electrons. The molecule has 0 N–H and O–H groups in total. The third-order valence-corrected chi connectivity index (χ3v) is 1.91. The van der Waals surface area contributed by atoms with Gasteiger partial charge in [-0.1, -0.05) is 26.0 Å². The average Bonchev–Trinajstić information content (AvgIpc) is 2.03. The standard InChI is InChI=1S/C10H13NO/c1-7(2)9-5-4-8(3)6-10(9)11-12/h4-7H,1-3H3. The molecule has 0 aliphatic heterocycles. The van der Waals surface area contributed by atoms with Gasteiger partial charge in [-0.05, 0) is 35.2 Å². The molecule has 0 spiro atoms. The molecule has 2 nitrogen and oxygen atoms in total. The Bertz CT molecular complexity index is 292. The monoisotopic (exact) mass is 163 g/mol. The van der Waals surface area contributed by atoms with Gasteiger partial charge in [0.2, 0.25) is 0 Å². The summed E-state index contributed by atoms with van der Waals surface area (Å²) >= 11 is 0. The van der Waals surface area contributed by atoms with Crippen molar-refractivity contribution >= 4 is 5.69 Å². The summed E-state index contributed by atoms with van der Waals surface area (Å²) in [7, 11) is 0. The zero-order valence-electron chi connectivity index (χ0n) is 7.66. The molecule has 0 bridgehead atoms. The Kier molecular flexibility index (Phi) is 2.58. The van der Waals surface area contributed by atoms with Crippen LogP contribution in [0.15, 0.2) is 23.4 Å². The molecule has 0 fully saturated rings. The predicted octanol–water partition coefficient (Wildman–Crippen LogP) is 3.52. The van der Waals surface area contributed by atoms with Gasteiger partial charge in [0.05, 0.1) is 0 Å². The van der Waals surface area contributed by atoms with Crippen molar-refractivity contribution in [3.63, 3.8) is 0 Å². The van der Waals surface area contributed by atoms with Gasteiger partial charge in [0, 0.05) is 0 Å². The minimum atomic E-state index is 0.360. The number of nitrogens with zero attached hydrogens (tertiary/aromatic N) is 1. The lowest BCUT2D eigenvalue weighted by atomic mass is 10.00. The molecule has 1 aromatic rings. The van der Waals surface area contributed by atoms with Crippen LogP contribution in [0.5, 0.6) is 0 Å². The van der Waals surface area contributed by atoms with E-state index in [-0.39, 0.29) is 0 Å². The summed E-state index contributed by atoms with van der Waals surface area (Å²) in [6, 6.07) is 5.79. The summed E-state index contributed by atoms with van der Waals surface area (Å²) < 4.78 is 0. The van der Waals surface area contributed by atoms with Crippen LogP contribution in [0, 0.1) is 11.8 Å². The van der Waals surface area contributed by atoms with E-state index in [1.807, 2.05) is 25.1 Å². The average molecular weight is 163 g/mol. The molecule has 0 unspecified atom stereocenters. The van der Waals surface area contributed by atoms with E-state index in [1.165, 1.54) is 0 Å². The van der Waals surface area contributed by atoms with Crippen molar-refractivity contribution in [2.24, 2.45) is 5.18 Å². The Morgan fingerprint density at radius 3 is 2.50 bits per heavy atom. The first-order valence-corrected chi connectivity index (χ1v) is 4.09. The van der Waals surface area contributed by atoms with Gasteiger partial charge in [-0.2, -0.15) is 0 Å². The van der Waals surface area contributed by atoms with Crippen LogP contribution >= 0.6 is 0 Å². The maximum Gasteiger partial charge on any atom is 0.111 e. The number of rotatable bonds is 2. The minimum Gasteiger partial charge on any atom is -0.145 e. The fourth-order valence-corrected chi connectivity index (χ4v) is 1.22. The summed E-state index contributed by atoms with van der Waals surface area (Å²) in [6.45, 7) is 6.07. The van der Waals surface area contributed by atoms with Crippen LogP contribution in [0.1, 0.15) is 30.9 Å². The lowest BCUT2D eigenvalue weighted by Gasteiger charge is -2.07. The Balaban J connectivity index is 3.20. The highest BCUT2D eigenvalue weighted by atomic mass is 16.3. The van der Waals surface area contributed by atoms with Crippen LogP contribution in [0.2, 0.25) is 0 Å².